The van der Waals surface area contributed by atoms with Gasteiger partial charge in [0.2, 0.25) is 5.91 Å². The maximum Gasteiger partial charge on any atom is 0.241 e. The molecule has 0 radical (unpaired) electrons. The second kappa shape index (κ2) is 6.75. The molecule has 1 amide bonds. The Morgan fingerprint density at radius 2 is 2.05 bits per heavy atom. The van der Waals surface area contributed by atoms with Gasteiger partial charge in [-0.25, -0.2) is 0 Å². The molecule has 1 aromatic carbocycles. The van der Waals surface area contributed by atoms with E-state index in [0.717, 1.165) is 12.0 Å². The highest BCUT2D eigenvalue weighted by molar-refractivity contribution is 5.96. The molecule has 4 nitrogen and oxygen atoms in total. The molecule has 0 bridgehead atoms. The van der Waals surface area contributed by atoms with Crippen molar-refractivity contribution < 1.29 is 9.53 Å². The van der Waals surface area contributed by atoms with Gasteiger partial charge in [-0.05, 0) is 29.5 Å². The molecular formula is C16H26N2O2. The molecule has 0 aliphatic carbocycles. The lowest BCUT2D eigenvalue weighted by Gasteiger charge is -2.21. The maximum atomic E-state index is 12.0. The van der Waals surface area contributed by atoms with Crippen LogP contribution in [-0.2, 0) is 10.2 Å². The van der Waals surface area contributed by atoms with Crippen LogP contribution >= 0.6 is 0 Å². The van der Waals surface area contributed by atoms with Crippen LogP contribution in [0.15, 0.2) is 18.2 Å². The molecule has 0 aliphatic heterocycles. The Balaban J connectivity index is 3.00. The summed E-state index contributed by atoms with van der Waals surface area (Å²) in [5, 5.41) is 2.87. The van der Waals surface area contributed by atoms with E-state index in [-0.39, 0.29) is 11.3 Å². The molecule has 4 heteroatoms. The van der Waals surface area contributed by atoms with Crippen molar-refractivity contribution in [1.82, 2.24) is 0 Å². The van der Waals surface area contributed by atoms with Gasteiger partial charge in [-0.15, -0.1) is 0 Å². The zero-order valence-corrected chi connectivity index (χ0v) is 13.1. The number of rotatable bonds is 5. The Morgan fingerprint density at radius 1 is 1.40 bits per heavy atom. The predicted molar refractivity (Wildman–Crippen MR) is 83.2 cm³/mol. The molecule has 1 aromatic rings. The molecule has 1 atom stereocenters. The SMILES string of the molecule is CCCC(N)C(=O)Nc1cc(C(C)(C)C)ccc1OC. The van der Waals surface area contributed by atoms with Gasteiger partial charge >= 0.3 is 0 Å². The van der Waals surface area contributed by atoms with Gasteiger partial charge < -0.3 is 15.8 Å². The van der Waals surface area contributed by atoms with Crippen LogP contribution in [0.3, 0.4) is 0 Å². The molecule has 0 fully saturated rings. The van der Waals surface area contributed by atoms with E-state index >= 15 is 0 Å². The number of nitrogens with two attached hydrogens (primary N) is 1. The van der Waals surface area contributed by atoms with Crippen molar-refractivity contribution in [3.8, 4) is 5.75 Å². The molecular weight excluding hydrogens is 252 g/mol. The van der Waals surface area contributed by atoms with Crippen molar-refractivity contribution in [1.29, 1.82) is 0 Å². The van der Waals surface area contributed by atoms with E-state index < -0.39 is 6.04 Å². The zero-order chi connectivity index (χ0) is 15.3. The summed E-state index contributed by atoms with van der Waals surface area (Å²) in [5.41, 5.74) is 7.66. The summed E-state index contributed by atoms with van der Waals surface area (Å²) in [5.74, 6) is 0.478. The summed E-state index contributed by atoms with van der Waals surface area (Å²) in [7, 11) is 1.59. The van der Waals surface area contributed by atoms with E-state index in [1.807, 2.05) is 25.1 Å². The molecule has 0 aliphatic rings. The lowest BCUT2D eigenvalue weighted by atomic mass is 9.87. The fourth-order valence-electron chi connectivity index (χ4n) is 1.94. The largest absolute Gasteiger partial charge is 0.495 e. The number of carbonyl (C=O) groups is 1. The van der Waals surface area contributed by atoms with Gasteiger partial charge in [0.05, 0.1) is 18.8 Å². The molecule has 0 spiro atoms. The average molecular weight is 278 g/mol. The van der Waals surface area contributed by atoms with Crippen molar-refractivity contribution in [3.05, 3.63) is 23.8 Å². The van der Waals surface area contributed by atoms with E-state index in [1.54, 1.807) is 7.11 Å². The van der Waals surface area contributed by atoms with Gasteiger partial charge in [0.15, 0.2) is 0 Å². The minimum absolute atomic E-state index is 0.0112. The third-order valence-corrected chi connectivity index (χ3v) is 3.26. The number of nitrogens with one attached hydrogen (secondary N) is 1. The third-order valence-electron chi connectivity index (χ3n) is 3.26. The molecule has 112 valence electrons. The number of methoxy groups -OCH3 is 1. The number of amides is 1. The normalized spacial score (nSPS) is 12.9. The van der Waals surface area contributed by atoms with Gasteiger partial charge in [-0.2, -0.15) is 0 Å². The minimum Gasteiger partial charge on any atom is -0.495 e. The molecule has 0 heterocycles. The monoisotopic (exact) mass is 278 g/mol. The highest BCUT2D eigenvalue weighted by Gasteiger charge is 2.18. The standard InChI is InChI=1S/C16H26N2O2/c1-6-7-12(17)15(19)18-13-10-11(16(2,3)4)8-9-14(13)20-5/h8-10,12H,6-7,17H2,1-5H3,(H,18,19). The average Bonchev–Trinajstić information content (AvgIpc) is 2.37. The summed E-state index contributed by atoms with van der Waals surface area (Å²) in [6.07, 6.45) is 1.56. The van der Waals surface area contributed by atoms with Crippen LogP contribution in [0.1, 0.15) is 46.1 Å². The quantitative estimate of drug-likeness (QED) is 0.870. The smallest absolute Gasteiger partial charge is 0.241 e. The predicted octanol–water partition coefficient (Wildman–Crippen LogP) is 3.06. The van der Waals surface area contributed by atoms with E-state index in [2.05, 4.69) is 26.1 Å². The molecule has 1 unspecified atom stereocenters. The summed E-state index contributed by atoms with van der Waals surface area (Å²) in [6.45, 7) is 8.39. The highest BCUT2D eigenvalue weighted by Crippen LogP contribution is 2.31. The first-order chi connectivity index (χ1) is 9.29. The van der Waals surface area contributed by atoms with Crippen LogP contribution in [0, 0.1) is 0 Å². The van der Waals surface area contributed by atoms with Gasteiger partial charge in [-0.1, -0.05) is 40.2 Å². The van der Waals surface area contributed by atoms with E-state index in [4.69, 9.17) is 10.5 Å². The Hall–Kier alpha value is -1.55. The van der Waals surface area contributed by atoms with Crippen LogP contribution in [0.2, 0.25) is 0 Å². The van der Waals surface area contributed by atoms with Gasteiger partial charge in [0, 0.05) is 0 Å². The van der Waals surface area contributed by atoms with Crippen LogP contribution in [-0.4, -0.2) is 19.1 Å². The Morgan fingerprint density at radius 3 is 2.55 bits per heavy atom. The van der Waals surface area contributed by atoms with Crippen molar-refractivity contribution in [2.45, 2.75) is 52.0 Å². The lowest BCUT2D eigenvalue weighted by molar-refractivity contribution is -0.117. The van der Waals surface area contributed by atoms with Gasteiger partial charge in [-0.3, -0.25) is 4.79 Å². The zero-order valence-electron chi connectivity index (χ0n) is 13.1. The summed E-state index contributed by atoms with van der Waals surface area (Å²) >= 11 is 0. The Bertz CT molecular complexity index is 464. The van der Waals surface area contributed by atoms with Crippen molar-refractivity contribution >= 4 is 11.6 Å². The fourth-order valence-corrected chi connectivity index (χ4v) is 1.94. The van der Waals surface area contributed by atoms with Crippen LogP contribution in [0.4, 0.5) is 5.69 Å². The molecule has 0 saturated heterocycles. The van der Waals surface area contributed by atoms with Crippen LogP contribution in [0.25, 0.3) is 0 Å². The maximum absolute atomic E-state index is 12.0. The van der Waals surface area contributed by atoms with E-state index in [0.29, 0.717) is 17.9 Å². The van der Waals surface area contributed by atoms with Crippen molar-refractivity contribution in [3.63, 3.8) is 0 Å². The number of anilines is 1. The molecule has 3 N–H and O–H groups in total. The molecule has 1 rings (SSSR count). The summed E-state index contributed by atoms with van der Waals surface area (Å²) < 4.78 is 5.30. The number of hydrogen-bond donors (Lipinski definition) is 2. The first-order valence-corrected chi connectivity index (χ1v) is 7.04. The third kappa shape index (κ3) is 4.23. The fraction of sp³-hybridized carbons (Fsp3) is 0.562. The minimum atomic E-state index is -0.483. The van der Waals surface area contributed by atoms with Gasteiger partial charge in [0.25, 0.3) is 0 Å². The number of benzene rings is 1. The summed E-state index contributed by atoms with van der Waals surface area (Å²) in [4.78, 5) is 12.0. The second-order valence-electron chi connectivity index (χ2n) is 6.05. The summed E-state index contributed by atoms with van der Waals surface area (Å²) in [6, 6.07) is 5.36. The molecule has 20 heavy (non-hydrogen) atoms. The molecule has 0 aromatic heterocycles. The topological polar surface area (TPSA) is 64.4 Å². The van der Waals surface area contributed by atoms with Gasteiger partial charge in [0.1, 0.15) is 5.75 Å². The first kappa shape index (κ1) is 16.5. The number of ether oxygens (including phenoxy) is 1. The highest BCUT2D eigenvalue weighted by atomic mass is 16.5. The number of carbonyl (C=O) groups excluding carboxylic acids is 1. The van der Waals surface area contributed by atoms with Crippen molar-refractivity contribution in [2.24, 2.45) is 5.73 Å². The number of hydrogen-bond acceptors (Lipinski definition) is 3. The van der Waals surface area contributed by atoms with E-state index in [1.165, 1.54) is 0 Å². The van der Waals surface area contributed by atoms with Crippen molar-refractivity contribution in [2.75, 3.05) is 12.4 Å². The Kier molecular flexibility index (Phi) is 5.57. The second-order valence-corrected chi connectivity index (χ2v) is 6.05. The van der Waals surface area contributed by atoms with Crippen LogP contribution < -0.4 is 15.8 Å². The Labute approximate surface area is 121 Å². The first-order valence-electron chi connectivity index (χ1n) is 7.04. The van der Waals surface area contributed by atoms with E-state index in [9.17, 15) is 4.79 Å². The molecule has 0 saturated carbocycles. The van der Waals surface area contributed by atoms with Crippen LogP contribution in [0.5, 0.6) is 5.75 Å². The lowest BCUT2D eigenvalue weighted by Crippen LogP contribution is -2.35.